The van der Waals surface area contributed by atoms with E-state index in [0.717, 1.165) is 25.1 Å². The maximum Gasteiger partial charge on any atom is 0.214 e. The van der Waals surface area contributed by atoms with E-state index in [4.69, 9.17) is 11.6 Å². The Morgan fingerprint density at radius 2 is 2.21 bits per heavy atom. The largest absolute Gasteiger partial charge is 0.337 e. The molecule has 0 aliphatic heterocycles. The van der Waals surface area contributed by atoms with Gasteiger partial charge in [-0.15, -0.1) is 11.6 Å². The quantitative estimate of drug-likeness (QED) is 0.543. The second kappa shape index (κ2) is 6.24. The predicted molar refractivity (Wildman–Crippen MR) is 75.5 cm³/mol. The van der Waals surface area contributed by atoms with Crippen LogP contribution in [0.25, 0.3) is 0 Å². The summed E-state index contributed by atoms with van der Waals surface area (Å²) in [7, 11) is -1.32. The molecular weight excluding hydrogens is 286 g/mol. The topological polar surface area (TPSA) is 55.2 Å². The van der Waals surface area contributed by atoms with Gasteiger partial charge >= 0.3 is 0 Å². The fourth-order valence-electron chi connectivity index (χ4n) is 2.00. The van der Waals surface area contributed by atoms with Crippen molar-refractivity contribution in [2.75, 3.05) is 11.6 Å². The van der Waals surface area contributed by atoms with Crippen molar-refractivity contribution >= 4 is 21.6 Å². The molecule has 1 fully saturated rings. The Morgan fingerprint density at radius 3 is 2.74 bits per heavy atom. The van der Waals surface area contributed by atoms with Crippen LogP contribution in [0.4, 0.5) is 0 Å². The van der Waals surface area contributed by atoms with Crippen LogP contribution in [-0.4, -0.2) is 39.9 Å². The molecule has 0 N–H and O–H groups in total. The maximum absolute atomic E-state index is 12.4. The Bertz CT molecular complexity index is 511. The van der Waals surface area contributed by atoms with E-state index in [9.17, 15) is 8.42 Å². The van der Waals surface area contributed by atoms with Crippen molar-refractivity contribution in [3.8, 4) is 0 Å². The van der Waals surface area contributed by atoms with Crippen LogP contribution in [0.2, 0.25) is 0 Å². The van der Waals surface area contributed by atoms with Crippen LogP contribution in [0.3, 0.4) is 0 Å². The molecule has 1 aliphatic rings. The van der Waals surface area contributed by atoms with Crippen LogP contribution < -0.4 is 0 Å². The van der Waals surface area contributed by atoms with Crippen molar-refractivity contribution in [3.63, 3.8) is 0 Å². The van der Waals surface area contributed by atoms with Gasteiger partial charge in [0.25, 0.3) is 0 Å². The van der Waals surface area contributed by atoms with Gasteiger partial charge in [-0.1, -0.05) is 0 Å². The zero-order chi connectivity index (χ0) is 13.9. The SMILES string of the molecule is Cn1ccnc1CN(C1CC1)S(=O)(=O)CCCCCl. The molecule has 0 radical (unpaired) electrons. The Kier molecular flexibility index (Phi) is 4.86. The molecule has 0 saturated heterocycles. The molecule has 0 amide bonds. The number of halogens is 1. The highest BCUT2D eigenvalue weighted by molar-refractivity contribution is 7.89. The number of hydrogen-bond donors (Lipinski definition) is 0. The van der Waals surface area contributed by atoms with E-state index in [1.54, 1.807) is 10.5 Å². The van der Waals surface area contributed by atoms with E-state index >= 15 is 0 Å². The Morgan fingerprint density at radius 1 is 1.47 bits per heavy atom. The van der Waals surface area contributed by atoms with Crippen molar-refractivity contribution in [2.24, 2.45) is 7.05 Å². The lowest BCUT2D eigenvalue weighted by Crippen LogP contribution is -2.35. The third kappa shape index (κ3) is 3.94. The second-order valence-electron chi connectivity index (χ2n) is 4.94. The first-order valence-electron chi connectivity index (χ1n) is 6.56. The molecule has 1 aliphatic carbocycles. The molecule has 0 spiro atoms. The van der Waals surface area contributed by atoms with Crippen molar-refractivity contribution in [2.45, 2.75) is 38.3 Å². The summed E-state index contributed by atoms with van der Waals surface area (Å²) in [5.74, 6) is 1.48. The van der Waals surface area contributed by atoms with E-state index in [0.29, 0.717) is 18.8 Å². The van der Waals surface area contributed by atoms with Gasteiger partial charge in [-0.3, -0.25) is 0 Å². The van der Waals surface area contributed by atoms with E-state index in [1.807, 2.05) is 17.8 Å². The first kappa shape index (κ1) is 14.8. The third-order valence-corrected chi connectivity index (χ3v) is 5.53. The molecular formula is C12H20ClN3O2S. The number of unbranched alkanes of at least 4 members (excludes halogenated alkanes) is 1. The molecule has 0 unspecified atom stereocenters. The molecule has 19 heavy (non-hydrogen) atoms. The number of hydrogen-bond acceptors (Lipinski definition) is 3. The first-order valence-corrected chi connectivity index (χ1v) is 8.70. The minimum atomic E-state index is -3.20. The van der Waals surface area contributed by atoms with Crippen LogP contribution in [0.15, 0.2) is 12.4 Å². The average Bonchev–Trinajstić information content (AvgIpc) is 3.10. The number of alkyl halides is 1. The lowest BCUT2D eigenvalue weighted by molar-refractivity contribution is 0.384. The van der Waals surface area contributed by atoms with Crippen LogP contribution in [0.5, 0.6) is 0 Å². The van der Waals surface area contributed by atoms with Crippen LogP contribution in [-0.2, 0) is 23.6 Å². The molecule has 0 bridgehead atoms. The Hall–Kier alpha value is -0.590. The van der Waals surface area contributed by atoms with Crippen molar-refractivity contribution < 1.29 is 8.42 Å². The highest BCUT2D eigenvalue weighted by Gasteiger charge is 2.37. The monoisotopic (exact) mass is 305 g/mol. The number of aromatic nitrogens is 2. The minimum absolute atomic E-state index is 0.165. The number of aryl methyl sites for hydroxylation is 1. The smallest absolute Gasteiger partial charge is 0.214 e. The summed E-state index contributed by atoms with van der Waals surface area (Å²) < 4.78 is 28.2. The van der Waals surface area contributed by atoms with Crippen LogP contribution >= 0.6 is 11.6 Å². The zero-order valence-corrected chi connectivity index (χ0v) is 12.7. The van der Waals surface area contributed by atoms with Crippen molar-refractivity contribution in [1.82, 2.24) is 13.9 Å². The van der Waals surface area contributed by atoms with Gasteiger partial charge in [0.05, 0.1) is 12.3 Å². The molecule has 1 saturated carbocycles. The van der Waals surface area contributed by atoms with E-state index < -0.39 is 10.0 Å². The zero-order valence-electron chi connectivity index (χ0n) is 11.1. The molecule has 2 rings (SSSR count). The van der Waals surface area contributed by atoms with Gasteiger partial charge in [-0.2, -0.15) is 4.31 Å². The Labute approximate surface area is 119 Å². The number of imidazole rings is 1. The van der Waals surface area contributed by atoms with Gasteiger partial charge in [-0.25, -0.2) is 13.4 Å². The van der Waals surface area contributed by atoms with E-state index in [2.05, 4.69) is 4.98 Å². The van der Waals surface area contributed by atoms with Gasteiger partial charge in [0.1, 0.15) is 5.82 Å². The van der Waals surface area contributed by atoms with Gasteiger partial charge in [0, 0.05) is 31.4 Å². The normalized spacial score (nSPS) is 16.2. The number of sulfonamides is 1. The molecule has 108 valence electrons. The fourth-order valence-corrected chi connectivity index (χ4v) is 3.97. The standard InChI is InChI=1S/C12H20ClN3O2S/c1-15-8-7-14-12(15)10-16(11-4-5-11)19(17,18)9-3-2-6-13/h7-8,11H,2-6,9-10H2,1H3. The summed E-state index contributed by atoms with van der Waals surface area (Å²) in [6, 6.07) is 0.165. The van der Waals surface area contributed by atoms with Gasteiger partial charge < -0.3 is 4.57 Å². The van der Waals surface area contributed by atoms with Gasteiger partial charge in [0.2, 0.25) is 10.0 Å². The minimum Gasteiger partial charge on any atom is -0.337 e. The van der Waals surface area contributed by atoms with Crippen LogP contribution in [0, 0.1) is 0 Å². The lowest BCUT2D eigenvalue weighted by atomic mass is 10.4. The lowest BCUT2D eigenvalue weighted by Gasteiger charge is -2.21. The summed E-state index contributed by atoms with van der Waals surface area (Å²) in [4.78, 5) is 4.21. The van der Waals surface area contributed by atoms with Gasteiger partial charge in [0.15, 0.2) is 0 Å². The molecule has 1 aromatic rings. The van der Waals surface area contributed by atoms with Crippen molar-refractivity contribution in [1.29, 1.82) is 0 Å². The summed E-state index contributed by atoms with van der Waals surface area (Å²) in [6.45, 7) is 0.372. The maximum atomic E-state index is 12.4. The highest BCUT2D eigenvalue weighted by Crippen LogP contribution is 2.31. The summed E-state index contributed by atoms with van der Waals surface area (Å²) >= 11 is 5.60. The fraction of sp³-hybridized carbons (Fsp3) is 0.750. The summed E-state index contributed by atoms with van der Waals surface area (Å²) in [5, 5.41) is 0. The summed E-state index contributed by atoms with van der Waals surface area (Å²) in [6.07, 6.45) is 6.80. The van der Waals surface area contributed by atoms with Gasteiger partial charge in [-0.05, 0) is 25.7 Å². The van der Waals surface area contributed by atoms with E-state index in [-0.39, 0.29) is 11.8 Å². The molecule has 7 heteroatoms. The molecule has 0 aromatic carbocycles. The highest BCUT2D eigenvalue weighted by atomic mass is 35.5. The molecule has 5 nitrogen and oxygen atoms in total. The van der Waals surface area contributed by atoms with Crippen LogP contribution in [0.1, 0.15) is 31.5 Å². The average molecular weight is 306 g/mol. The van der Waals surface area contributed by atoms with E-state index in [1.165, 1.54) is 0 Å². The Balaban J connectivity index is 2.05. The second-order valence-corrected chi connectivity index (χ2v) is 7.36. The molecule has 0 atom stereocenters. The first-order chi connectivity index (χ1) is 9.04. The van der Waals surface area contributed by atoms with Crippen molar-refractivity contribution in [3.05, 3.63) is 18.2 Å². The summed E-state index contributed by atoms with van der Waals surface area (Å²) in [5.41, 5.74) is 0. The third-order valence-electron chi connectivity index (χ3n) is 3.32. The molecule has 1 aromatic heterocycles. The number of nitrogens with zero attached hydrogens (tertiary/aromatic N) is 3. The number of rotatable bonds is 8. The predicted octanol–water partition coefficient (Wildman–Crippen LogP) is 1.73. The molecule has 1 heterocycles.